The fourth-order valence-corrected chi connectivity index (χ4v) is 2.37. The molecule has 1 atom stereocenters. The summed E-state index contributed by atoms with van der Waals surface area (Å²) in [5.41, 5.74) is 0. The topological polar surface area (TPSA) is 35.5 Å². The molecule has 0 aromatic rings. The normalized spacial score (nSPS) is 14.1. The molecule has 5 heteroatoms. The zero-order valence-corrected chi connectivity index (χ0v) is 11.3. The minimum atomic E-state index is -0.637. The van der Waals surface area contributed by atoms with E-state index in [0.717, 1.165) is 0 Å². The molecule has 0 aliphatic rings. The summed E-state index contributed by atoms with van der Waals surface area (Å²) >= 11 is 6.26. The molecule has 0 aromatic heterocycles. The molecule has 88 valence electrons. The second-order valence-electron chi connectivity index (χ2n) is 3.09. The van der Waals surface area contributed by atoms with E-state index in [-0.39, 0.29) is 5.97 Å². The van der Waals surface area contributed by atoms with Gasteiger partial charge in [0.15, 0.2) is 0 Å². The largest absolute Gasteiger partial charge is 0.479 e. The average molecular weight is 250 g/mol. The molecule has 1 unspecified atom stereocenters. The molecular formula is C10H18O3S2. The number of ether oxygens (including phenoxy) is 2. The number of thiocarbonyl (C=S) groups is 1. The molecule has 0 rings (SSSR count). The maximum Gasteiger partial charge on any atom is 0.322 e. The van der Waals surface area contributed by atoms with Gasteiger partial charge in [0.2, 0.25) is 4.38 Å². The van der Waals surface area contributed by atoms with Crippen LogP contribution in [0.2, 0.25) is 0 Å². The summed E-state index contributed by atoms with van der Waals surface area (Å²) in [4.78, 5) is 11.7. The Labute approximate surface area is 101 Å². The lowest BCUT2D eigenvalue weighted by Crippen LogP contribution is -2.34. The molecule has 3 nitrogen and oxygen atoms in total. The molecule has 0 aliphatic heterocycles. The van der Waals surface area contributed by atoms with Gasteiger partial charge in [-0.15, -0.1) is 0 Å². The summed E-state index contributed by atoms with van der Waals surface area (Å²) in [6.07, 6.45) is 0.656. The molecule has 0 amide bonds. The molecule has 0 saturated heterocycles. The van der Waals surface area contributed by atoms with Gasteiger partial charge in [0.05, 0.1) is 13.2 Å². The number of hydrogen-bond donors (Lipinski definition) is 0. The molecule has 0 aliphatic carbocycles. The van der Waals surface area contributed by atoms with Crippen LogP contribution in [0.15, 0.2) is 0 Å². The van der Waals surface area contributed by atoms with E-state index in [1.807, 2.05) is 20.8 Å². The quantitative estimate of drug-likeness (QED) is 0.554. The third-order valence-corrected chi connectivity index (χ3v) is 3.51. The third kappa shape index (κ3) is 4.84. The van der Waals surface area contributed by atoms with Crippen molar-refractivity contribution in [3.63, 3.8) is 0 Å². The van der Waals surface area contributed by atoms with Crippen LogP contribution in [-0.4, -0.2) is 28.3 Å². The zero-order valence-electron chi connectivity index (χ0n) is 9.66. The fourth-order valence-electron chi connectivity index (χ4n) is 0.873. The van der Waals surface area contributed by atoms with Gasteiger partial charge in [0.25, 0.3) is 0 Å². The minimum Gasteiger partial charge on any atom is -0.479 e. The van der Waals surface area contributed by atoms with E-state index in [1.54, 1.807) is 6.92 Å². The number of rotatable bonds is 5. The van der Waals surface area contributed by atoms with Crippen molar-refractivity contribution in [2.45, 2.75) is 38.9 Å². The first kappa shape index (κ1) is 14.7. The van der Waals surface area contributed by atoms with E-state index in [2.05, 4.69) is 0 Å². The predicted octanol–water partition coefficient (Wildman–Crippen LogP) is 2.77. The molecule has 0 N–H and O–H groups in total. The molecule has 0 saturated carbocycles. The van der Waals surface area contributed by atoms with Gasteiger partial charge in [-0.05, 0) is 39.4 Å². The van der Waals surface area contributed by atoms with Crippen LogP contribution < -0.4 is 0 Å². The number of carbonyl (C=O) groups is 1. The first-order valence-electron chi connectivity index (χ1n) is 5.03. The van der Waals surface area contributed by atoms with Crippen LogP contribution in [0.5, 0.6) is 0 Å². The minimum absolute atomic E-state index is 0.237. The number of hydrogen-bond acceptors (Lipinski definition) is 5. The molecule has 0 radical (unpaired) electrons. The van der Waals surface area contributed by atoms with Crippen molar-refractivity contribution in [3.8, 4) is 0 Å². The molecular weight excluding hydrogens is 232 g/mol. The summed E-state index contributed by atoms with van der Waals surface area (Å²) in [5, 5.41) is 0. The number of esters is 1. The predicted molar refractivity (Wildman–Crippen MR) is 67.1 cm³/mol. The second-order valence-corrected chi connectivity index (χ2v) is 5.20. The van der Waals surface area contributed by atoms with Crippen LogP contribution in [0, 0.1) is 0 Å². The standard InChI is InChI=1S/C10H18O3S2/c1-5-10(4,8(11)12-6-2)15-9(14)13-7-3/h5-7H2,1-4H3. The smallest absolute Gasteiger partial charge is 0.322 e. The van der Waals surface area contributed by atoms with Gasteiger partial charge in [0, 0.05) is 0 Å². The SMILES string of the molecule is CCOC(=O)C(C)(CC)SC(=S)OCC. The van der Waals surface area contributed by atoms with Crippen LogP contribution in [0.25, 0.3) is 0 Å². The van der Waals surface area contributed by atoms with Gasteiger partial charge in [0.1, 0.15) is 4.75 Å². The lowest BCUT2D eigenvalue weighted by Gasteiger charge is -2.24. The van der Waals surface area contributed by atoms with Gasteiger partial charge in [-0.1, -0.05) is 18.7 Å². The van der Waals surface area contributed by atoms with E-state index < -0.39 is 4.75 Å². The van der Waals surface area contributed by atoms with E-state index in [4.69, 9.17) is 21.7 Å². The van der Waals surface area contributed by atoms with Crippen molar-refractivity contribution < 1.29 is 14.3 Å². The van der Waals surface area contributed by atoms with Crippen molar-refractivity contribution in [2.24, 2.45) is 0 Å². The molecule has 0 aromatic carbocycles. The van der Waals surface area contributed by atoms with Crippen LogP contribution >= 0.6 is 24.0 Å². The van der Waals surface area contributed by atoms with Gasteiger partial charge >= 0.3 is 5.97 Å². The Balaban J connectivity index is 4.42. The summed E-state index contributed by atoms with van der Waals surface area (Å²) < 4.78 is 9.92. The van der Waals surface area contributed by atoms with Crippen LogP contribution in [0.3, 0.4) is 0 Å². The summed E-state index contributed by atoms with van der Waals surface area (Å²) in [6, 6.07) is 0. The van der Waals surface area contributed by atoms with E-state index in [1.165, 1.54) is 11.8 Å². The van der Waals surface area contributed by atoms with E-state index >= 15 is 0 Å². The molecule has 0 fully saturated rings. The first-order valence-corrected chi connectivity index (χ1v) is 6.25. The highest BCUT2D eigenvalue weighted by molar-refractivity contribution is 8.23. The van der Waals surface area contributed by atoms with Gasteiger partial charge < -0.3 is 9.47 Å². The maximum absolute atomic E-state index is 11.7. The Kier molecular flexibility index (Phi) is 6.92. The average Bonchev–Trinajstić information content (AvgIpc) is 2.18. The van der Waals surface area contributed by atoms with Crippen molar-refractivity contribution >= 4 is 34.3 Å². The van der Waals surface area contributed by atoms with Crippen molar-refractivity contribution in [1.82, 2.24) is 0 Å². The highest BCUT2D eigenvalue weighted by atomic mass is 32.2. The lowest BCUT2D eigenvalue weighted by atomic mass is 10.1. The monoisotopic (exact) mass is 250 g/mol. The van der Waals surface area contributed by atoms with Gasteiger partial charge in [-0.2, -0.15) is 0 Å². The van der Waals surface area contributed by atoms with Crippen LogP contribution in [0.1, 0.15) is 34.1 Å². The summed E-state index contributed by atoms with van der Waals surface area (Å²) in [6.45, 7) is 8.31. The van der Waals surface area contributed by atoms with Crippen molar-refractivity contribution in [3.05, 3.63) is 0 Å². The van der Waals surface area contributed by atoms with Crippen LogP contribution in [0.4, 0.5) is 0 Å². The molecule has 15 heavy (non-hydrogen) atoms. The number of carbonyl (C=O) groups excluding carboxylic acids is 1. The van der Waals surface area contributed by atoms with Crippen molar-refractivity contribution in [2.75, 3.05) is 13.2 Å². The molecule has 0 spiro atoms. The van der Waals surface area contributed by atoms with Crippen molar-refractivity contribution in [1.29, 1.82) is 0 Å². The Morgan fingerprint density at radius 1 is 1.27 bits per heavy atom. The lowest BCUT2D eigenvalue weighted by molar-refractivity contribution is -0.145. The highest BCUT2D eigenvalue weighted by Crippen LogP contribution is 2.31. The Bertz CT molecular complexity index is 231. The first-order chi connectivity index (χ1) is 7.00. The van der Waals surface area contributed by atoms with Gasteiger partial charge in [-0.3, -0.25) is 4.79 Å². The van der Waals surface area contributed by atoms with E-state index in [0.29, 0.717) is 24.0 Å². The van der Waals surface area contributed by atoms with E-state index in [9.17, 15) is 4.79 Å². The Morgan fingerprint density at radius 2 is 1.80 bits per heavy atom. The van der Waals surface area contributed by atoms with Crippen LogP contribution in [-0.2, 0) is 14.3 Å². The third-order valence-electron chi connectivity index (χ3n) is 1.95. The summed E-state index contributed by atoms with van der Waals surface area (Å²) in [7, 11) is 0. The number of thioether (sulfide) groups is 1. The maximum atomic E-state index is 11.7. The van der Waals surface area contributed by atoms with Gasteiger partial charge in [-0.25, -0.2) is 0 Å². The fraction of sp³-hybridized carbons (Fsp3) is 0.800. The Morgan fingerprint density at radius 3 is 2.20 bits per heavy atom. The second kappa shape index (κ2) is 7.06. The Hall–Kier alpha value is -0.290. The molecule has 0 heterocycles. The zero-order chi connectivity index (χ0) is 11.9. The highest BCUT2D eigenvalue weighted by Gasteiger charge is 2.35. The molecule has 0 bridgehead atoms. The summed E-state index contributed by atoms with van der Waals surface area (Å²) in [5.74, 6) is -0.237.